The minimum absolute atomic E-state index is 0.412. The van der Waals surface area contributed by atoms with Crippen molar-refractivity contribution < 1.29 is 9.47 Å². The van der Waals surface area contributed by atoms with Crippen LogP contribution in [0.1, 0.15) is 45.4 Å². The van der Waals surface area contributed by atoms with E-state index in [2.05, 4.69) is 79.7 Å². The zero-order valence-electron chi connectivity index (χ0n) is 20.1. The fraction of sp³-hybridized carbons (Fsp3) is 0.375. The van der Waals surface area contributed by atoms with Gasteiger partial charge in [-0.15, -0.1) is 0 Å². The Morgan fingerprint density at radius 3 is 2.26 bits per heavy atom. The first kappa shape index (κ1) is 21.5. The largest absolute Gasteiger partial charge is 0.493 e. The highest BCUT2D eigenvalue weighted by Gasteiger charge is 2.29. The summed E-state index contributed by atoms with van der Waals surface area (Å²) >= 11 is 0. The summed E-state index contributed by atoms with van der Waals surface area (Å²) in [6.45, 7) is 3.76. The van der Waals surface area contributed by atoms with Crippen molar-refractivity contribution >= 4 is 21.5 Å². The molecule has 1 heterocycles. The predicted molar refractivity (Wildman–Crippen MR) is 142 cm³/mol. The van der Waals surface area contributed by atoms with Gasteiger partial charge in [0.2, 0.25) is 0 Å². The Hall–Kier alpha value is -3.00. The standard InChI is InChI=1S/C32H34O2/c1-2-7-22-12-14-23(15-13-22)26-20-33-27-18-25-9-4-5-10-28(25)30(19-27)32-29-11-6-3-8-24(29)16-17-31(32)34-21-26/h3-6,8-11,16-19,22-23,26H,2,7,12-15,20-21H2,1H3. The van der Waals surface area contributed by atoms with Crippen molar-refractivity contribution in [3.8, 4) is 22.6 Å². The second-order valence-corrected chi connectivity index (χ2v) is 10.3. The van der Waals surface area contributed by atoms with Crippen molar-refractivity contribution in [2.45, 2.75) is 45.4 Å². The van der Waals surface area contributed by atoms with Gasteiger partial charge in [0.05, 0.1) is 13.2 Å². The highest BCUT2D eigenvalue weighted by Crippen LogP contribution is 2.44. The van der Waals surface area contributed by atoms with Gasteiger partial charge in [-0.05, 0) is 70.0 Å². The van der Waals surface area contributed by atoms with Gasteiger partial charge in [-0.1, -0.05) is 87.2 Å². The van der Waals surface area contributed by atoms with Crippen LogP contribution in [0.2, 0.25) is 0 Å². The molecular weight excluding hydrogens is 416 g/mol. The minimum atomic E-state index is 0.412. The summed E-state index contributed by atoms with van der Waals surface area (Å²) in [5, 5.41) is 4.93. The Balaban J connectivity index is 1.43. The lowest BCUT2D eigenvalue weighted by molar-refractivity contribution is 0.0963. The predicted octanol–water partition coefficient (Wildman–Crippen LogP) is 8.65. The summed E-state index contributed by atoms with van der Waals surface area (Å²) in [5.41, 5.74) is 2.38. The van der Waals surface area contributed by atoms with E-state index in [-0.39, 0.29) is 0 Å². The molecule has 0 saturated heterocycles. The van der Waals surface area contributed by atoms with Crippen LogP contribution in [0.5, 0.6) is 11.5 Å². The number of ether oxygens (including phenoxy) is 2. The zero-order chi connectivity index (χ0) is 22.9. The molecule has 0 spiro atoms. The van der Waals surface area contributed by atoms with Gasteiger partial charge in [0.25, 0.3) is 0 Å². The summed E-state index contributed by atoms with van der Waals surface area (Å²) < 4.78 is 13.2. The van der Waals surface area contributed by atoms with Crippen LogP contribution in [0.15, 0.2) is 72.8 Å². The Kier molecular flexibility index (Phi) is 5.91. The zero-order valence-corrected chi connectivity index (χ0v) is 20.1. The molecule has 2 bridgehead atoms. The van der Waals surface area contributed by atoms with Crippen molar-refractivity contribution in [1.82, 2.24) is 0 Å². The van der Waals surface area contributed by atoms with E-state index in [9.17, 15) is 0 Å². The molecule has 174 valence electrons. The second-order valence-electron chi connectivity index (χ2n) is 10.3. The maximum atomic E-state index is 6.68. The Morgan fingerprint density at radius 1 is 0.706 bits per heavy atom. The highest BCUT2D eigenvalue weighted by atomic mass is 16.5. The first-order chi connectivity index (χ1) is 16.8. The molecule has 1 atom stereocenters. The Bertz CT molecular complexity index is 1300. The van der Waals surface area contributed by atoms with E-state index in [4.69, 9.17) is 9.47 Å². The second kappa shape index (κ2) is 9.33. The Labute approximate surface area is 202 Å². The fourth-order valence-corrected chi connectivity index (χ4v) is 6.30. The van der Waals surface area contributed by atoms with E-state index in [0.717, 1.165) is 30.6 Å². The van der Waals surface area contributed by atoms with Crippen LogP contribution in [0.4, 0.5) is 0 Å². The molecule has 0 N–H and O–H groups in total. The van der Waals surface area contributed by atoms with E-state index < -0.39 is 0 Å². The van der Waals surface area contributed by atoms with E-state index in [1.165, 1.54) is 71.2 Å². The molecular formula is C32H34O2. The van der Waals surface area contributed by atoms with Gasteiger partial charge >= 0.3 is 0 Å². The summed E-state index contributed by atoms with van der Waals surface area (Å²) in [6, 6.07) is 26.1. The molecule has 2 aliphatic rings. The molecule has 0 aromatic heterocycles. The van der Waals surface area contributed by atoms with Gasteiger partial charge in [-0.3, -0.25) is 0 Å². The molecule has 1 aliphatic heterocycles. The number of fused-ring (bicyclic) bond motifs is 8. The molecule has 2 heteroatoms. The maximum Gasteiger partial charge on any atom is 0.127 e. The number of rotatable bonds is 3. The van der Waals surface area contributed by atoms with Gasteiger partial charge in [-0.25, -0.2) is 0 Å². The molecule has 4 aromatic carbocycles. The van der Waals surface area contributed by atoms with Crippen LogP contribution in [0.25, 0.3) is 32.7 Å². The molecule has 34 heavy (non-hydrogen) atoms. The molecule has 1 fully saturated rings. The van der Waals surface area contributed by atoms with Crippen molar-refractivity contribution in [2.75, 3.05) is 13.2 Å². The molecule has 6 rings (SSSR count). The SMILES string of the molecule is CCCC1CCC(C2COc3cc(c4ccccc4c3)-c3c(ccc4ccccc34)OC2)CC1. The van der Waals surface area contributed by atoms with E-state index in [1.54, 1.807) is 0 Å². The lowest BCUT2D eigenvalue weighted by Crippen LogP contribution is -2.31. The van der Waals surface area contributed by atoms with E-state index in [1.807, 2.05) is 0 Å². The van der Waals surface area contributed by atoms with Crippen LogP contribution in [0, 0.1) is 17.8 Å². The minimum Gasteiger partial charge on any atom is -0.493 e. The van der Waals surface area contributed by atoms with Crippen molar-refractivity contribution in [1.29, 1.82) is 0 Å². The van der Waals surface area contributed by atoms with Crippen LogP contribution < -0.4 is 9.47 Å². The quantitative estimate of drug-likeness (QED) is 0.311. The van der Waals surface area contributed by atoms with Crippen molar-refractivity contribution in [3.05, 3.63) is 72.8 Å². The van der Waals surface area contributed by atoms with Gasteiger partial charge in [0.1, 0.15) is 11.5 Å². The smallest absolute Gasteiger partial charge is 0.127 e. The van der Waals surface area contributed by atoms with Gasteiger partial charge in [0, 0.05) is 11.5 Å². The molecule has 0 radical (unpaired) electrons. The van der Waals surface area contributed by atoms with Gasteiger partial charge < -0.3 is 9.47 Å². The average molecular weight is 451 g/mol. The third kappa shape index (κ3) is 4.04. The molecule has 0 amide bonds. The fourth-order valence-electron chi connectivity index (χ4n) is 6.30. The third-order valence-corrected chi connectivity index (χ3v) is 8.17. The summed E-state index contributed by atoms with van der Waals surface area (Å²) in [6.07, 6.45) is 8.00. The summed E-state index contributed by atoms with van der Waals surface area (Å²) in [4.78, 5) is 0. The number of benzene rings is 4. The van der Waals surface area contributed by atoms with E-state index >= 15 is 0 Å². The summed E-state index contributed by atoms with van der Waals surface area (Å²) in [7, 11) is 0. The van der Waals surface area contributed by atoms with Crippen molar-refractivity contribution in [3.63, 3.8) is 0 Å². The number of hydrogen-bond donors (Lipinski definition) is 0. The van der Waals surface area contributed by atoms with Gasteiger partial charge in [-0.2, -0.15) is 0 Å². The molecule has 2 nitrogen and oxygen atoms in total. The third-order valence-electron chi connectivity index (χ3n) is 8.17. The van der Waals surface area contributed by atoms with E-state index in [0.29, 0.717) is 11.8 Å². The lowest BCUT2D eigenvalue weighted by Gasteiger charge is -2.34. The Morgan fingerprint density at radius 2 is 1.44 bits per heavy atom. The topological polar surface area (TPSA) is 18.5 Å². The summed E-state index contributed by atoms with van der Waals surface area (Å²) in [5.74, 6) is 3.97. The molecule has 4 aromatic rings. The van der Waals surface area contributed by atoms with Crippen LogP contribution in [-0.2, 0) is 0 Å². The number of hydrogen-bond acceptors (Lipinski definition) is 2. The first-order valence-corrected chi connectivity index (χ1v) is 13.1. The maximum absolute atomic E-state index is 6.68. The molecule has 1 unspecified atom stereocenters. The van der Waals surface area contributed by atoms with Crippen LogP contribution in [0.3, 0.4) is 0 Å². The van der Waals surface area contributed by atoms with Crippen LogP contribution in [-0.4, -0.2) is 13.2 Å². The lowest BCUT2D eigenvalue weighted by atomic mass is 9.75. The average Bonchev–Trinajstić information content (AvgIpc) is 2.88. The first-order valence-electron chi connectivity index (χ1n) is 13.1. The van der Waals surface area contributed by atoms with Crippen LogP contribution >= 0.6 is 0 Å². The van der Waals surface area contributed by atoms with Gasteiger partial charge in [0.15, 0.2) is 0 Å². The van der Waals surface area contributed by atoms with Crippen molar-refractivity contribution in [2.24, 2.45) is 17.8 Å². The molecule has 1 aliphatic carbocycles. The normalized spacial score (nSPS) is 22.6. The highest BCUT2D eigenvalue weighted by molar-refractivity contribution is 6.08. The molecule has 1 saturated carbocycles. The monoisotopic (exact) mass is 450 g/mol.